The van der Waals surface area contributed by atoms with Gasteiger partial charge >= 0.3 is 0 Å². The number of aryl methyl sites for hydroxylation is 1. The maximum absolute atomic E-state index is 13.0. The largest absolute Gasteiger partial charge is 0.342 e. The van der Waals surface area contributed by atoms with Gasteiger partial charge in [-0.1, -0.05) is 30.7 Å². The van der Waals surface area contributed by atoms with Gasteiger partial charge in [-0.3, -0.25) is 14.5 Å². The van der Waals surface area contributed by atoms with Crippen LogP contribution in [0.2, 0.25) is 0 Å². The summed E-state index contributed by atoms with van der Waals surface area (Å²) in [5.74, 6) is 2.50. The molecule has 0 aliphatic carbocycles. The quantitative estimate of drug-likeness (QED) is 0.680. The molecule has 1 N–H and O–H groups in total. The Kier molecular flexibility index (Phi) is 7.23. The van der Waals surface area contributed by atoms with E-state index in [0.29, 0.717) is 23.7 Å². The molecule has 2 saturated heterocycles. The Balaban J connectivity index is 1.34. The number of nitrogens with one attached hydrogen (secondary N) is 1. The molecular weight excluding hydrogens is 406 g/mol. The maximum atomic E-state index is 13.0. The van der Waals surface area contributed by atoms with Crippen LogP contribution in [0.15, 0.2) is 24.3 Å². The molecule has 7 heteroatoms. The third-order valence-electron chi connectivity index (χ3n) is 6.85. The number of aromatic amines is 1. The van der Waals surface area contributed by atoms with Crippen molar-refractivity contribution in [1.29, 1.82) is 0 Å². The lowest BCUT2D eigenvalue weighted by Crippen LogP contribution is -2.45. The van der Waals surface area contributed by atoms with Crippen molar-refractivity contribution in [3.05, 3.63) is 34.6 Å². The van der Waals surface area contributed by atoms with Crippen LogP contribution in [0.25, 0.3) is 11.4 Å². The number of nitrogens with zero attached hydrogens (tertiary/aromatic N) is 4. The molecule has 2 aliphatic heterocycles. The summed E-state index contributed by atoms with van der Waals surface area (Å²) in [5.41, 5.74) is 2.20. The molecule has 1 unspecified atom stereocenters. The van der Waals surface area contributed by atoms with Crippen LogP contribution in [-0.2, 0) is 11.3 Å². The van der Waals surface area contributed by atoms with Gasteiger partial charge in [-0.25, -0.2) is 0 Å². The van der Waals surface area contributed by atoms with Crippen molar-refractivity contribution in [2.75, 3.05) is 32.7 Å². The van der Waals surface area contributed by atoms with Gasteiger partial charge in [0.05, 0.1) is 0 Å². The first-order valence-electron chi connectivity index (χ1n) is 11.7. The maximum Gasteiger partial charge on any atom is 0.224 e. The molecule has 0 saturated carbocycles. The molecule has 0 bridgehead atoms. The molecule has 2 aromatic rings. The predicted molar refractivity (Wildman–Crippen MR) is 126 cm³/mol. The van der Waals surface area contributed by atoms with Gasteiger partial charge in [0.25, 0.3) is 0 Å². The predicted octanol–water partition coefficient (Wildman–Crippen LogP) is 4.28. The van der Waals surface area contributed by atoms with Crippen LogP contribution in [-0.4, -0.2) is 63.2 Å². The number of piperidine rings is 2. The molecule has 2 fully saturated rings. The zero-order valence-corrected chi connectivity index (χ0v) is 19.7. The van der Waals surface area contributed by atoms with Crippen LogP contribution in [0, 0.1) is 23.5 Å². The van der Waals surface area contributed by atoms with Gasteiger partial charge in [0.2, 0.25) is 5.91 Å². The van der Waals surface area contributed by atoms with E-state index in [1.54, 1.807) is 0 Å². The number of carbonyl (C=O) groups is 1. The van der Waals surface area contributed by atoms with E-state index < -0.39 is 0 Å². The third kappa shape index (κ3) is 5.63. The van der Waals surface area contributed by atoms with Crippen LogP contribution < -0.4 is 0 Å². The zero-order chi connectivity index (χ0) is 21.8. The van der Waals surface area contributed by atoms with Crippen molar-refractivity contribution < 1.29 is 4.79 Å². The minimum Gasteiger partial charge on any atom is -0.342 e. The number of carbonyl (C=O) groups excluding carboxylic acids is 1. The van der Waals surface area contributed by atoms with Crippen molar-refractivity contribution in [2.45, 2.75) is 52.5 Å². The van der Waals surface area contributed by atoms with Gasteiger partial charge in [-0.2, -0.15) is 5.10 Å². The van der Waals surface area contributed by atoms with Crippen molar-refractivity contribution in [3.63, 3.8) is 0 Å². The fraction of sp³-hybridized carbons (Fsp3) is 0.625. The highest BCUT2D eigenvalue weighted by Gasteiger charge is 2.26. The summed E-state index contributed by atoms with van der Waals surface area (Å²) < 4.78 is 2.53. The highest BCUT2D eigenvalue weighted by atomic mass is 32.1. The number of amides is 1. The summed E-state index contributed by atoms with van der Waals surface area (Å²) in [5, 5.41) is 7.31. The SMILES string of the molecule is Cc1cccc(-c2n[nH]c(=S)n2CCC(=O)N2CCCC(CN3CCC(C)CC3)C2)c1. The minimum atomic E-state index is 0.232. The van der Waals surface area contributed by atoms with Crippen LogP contribution in [0.4, 0.5) is 0 Å². The summed E-state index contributed by atoms with van der Waals surface area (Å²) in [6, 6.07) is 8.22. The normalized spacial score (nSPS) is 20.8. The van der Waals surface area contributed by atoms with Crippen molar-refractivity contribution in [1.82, 2.24) is 24.6 Å². The van der Waals surface area contributed by atoms with E-state index in [9.17, 15) is 4.79 Å². The number of hydrogen-bond acceptors (Lipinski definition) is 4. The number of benzene rings is 1. The van der Waals surface area contributed by atoms with Crippen LogP contribution in [0.1, 0.15) is 44.6 Å². The Hall–Kier alpha value is -1.99. The lowest BCUT2D eigenvalue weighted by atomic mass is 9.94. The highest BCUT2D eigenvalue weighted by Crippen LogP contribution is 2.23. The summed E-state index contributed by atoms with van der Waals surface area (Å²) >= 11 is 5.45. The topological polar surface area (TPSA) is 57.2 Å². The number of hydrogen-bond donors (Lipinski definition) is 1. The first kappa shape index (κ1) is 22.2. The average molecular weight is 442 g/mol. The van der Waals surface area contributed by atoms with Gasteiger partial charge in [-0.05, 0) is 75.8 Å². The van der Waals surface area contributed by atoms with Crippen molar-refractivity contribution in [2.24, 2.45) is 11.8 Å². The molecule has 1 amide bonds. The van der Waals surface area contributed by atoms with Crippen molar-refractivity contribution in [3.8, 4) is 11.4 Å². The van der Waals surface area contributed by atoms with E-state index >= 15 is 0 Å². The second-order valence-corrected chi connectivity index (χ2v) is 9.84. The Morgan fingerprint density at radius 1 is 1.23 bits per heavy atom. The molecule has 0 spiro atoms. The van der Waals surface area contributed by atoms with Gasteiger partial charge in [0.1, 0.15) is 0 Å². The molecule has 1 aromatic carbocycles. The van der Waals surface area contributed by atoms with Crippen LogP contribution in [0.3, 0.4) is 0 Å². The molecule has 1 aromatic heterocycles. The fourth-order valence-corrected chi connectivity index (χ4v) is 5.17. The molecule has 1 atom stereocenters. The number of rotatable bonds is 6. The molecule has 3 heterocycles. The smallest absolute Gasteiger partial charge is 0.224 e. The molecule has 4 rings (SSSR count). The average Bonchev–Trinajstić information content (AvgIpc) is 3.14. The molecule has 0 radical (unpaired) electrons. The van der Waals surface area contributed by atoms with Crippen molar-refractivity contribution >= 4 is 18.1 Å². The monoisotopic (exact) mass is 441 g/mol. The second kappa shape index (κ2) is 10.1. The fourth-order valence-electron chi connectivity index (χ4n) is 4.95. The molecule has 6 nitrogen and oxygen atoms in total. The zero-order valence-electron chi connectivity index (χ0n) is 18.8. The Bertz CT molecular complexity index is 943. The van der Waals surface area contributed by atoms with Gasteiger partial charge < -0.3 is 9.80 Å². The van der Waals surface area contributed by atoms with Gasteiger partial charge in [0, 0.05) is 38.2 Å². The van der Waals surface area contributed by atoms with Gasteiger partial charge in [0.15, 0.2) is 10.6 Å². The van der Waals surface area contributed by atoms with E-state index in [-0.39, 0.29) is 5.91 Å². The van der Waals surface area contributed by atoms with Crippen LogP contribution in [0.5, 0.6) is 0 Å². The third-order valence-corrected chi connectivity index (χ3v) is 7.16. The standard InChI is InChI=1S/C24H35N5OS/c1-18-8-12-27(13-9-18)16-20-6-4-11-28(17-20)22(30)10-14-29-23(25-26-24(29)31)21-7-3-5-19(2)15-21/h3,5,7,15,18,20H,4,6,8-14,16-17H2,1-2H3,(H,26,31). The van der Waals surface area contributed by atoms with E-state index in [0.717, 1.165) is 43.4 Å². The molecule has 168 valence electrons. The number of likely N-dealkylation sites (tertiary alicyclic amines) is 2. The van der Waals surface area contributed by atoms with Gasteiger partial charge in [-0.15, -0.1) is 0 Å². The second-order valence-electron chi connectivity index (χ2n) is 9.45. The van der Waals surface area contributed by atoms with E-state index in [4.69, 9.17) is 12.2 Å². The Morgan fingerprint density at radius 3 is 2.81 bits per heavy atom. The summed E-state index contributed by atoms with van der Waals surface area (Å²) in [6.07, 6.45) is 5.43. The Morgan fingerprint density at radius 2 is 2.03 bits per heavy atom. The summed E-state index contributed by atoms with van der Waals surface area (Å²) in [7, 11) is 0. The highest BCUT2D eigenvalue weighted by molar-refractivity contribution is 7.71. The molecular formula is C24H35N5OS. The summed E-state index contributed by atoms with van der Waals surface area (Å²) in [4.78, 5) is 17.7. The molecule has 31 heavy (non-hydrogen) atoms. The van der Waals surface area contributed by atoms with E-state index in [1.807, 2.05) is 16.7 Å². The lowest BCUT2D eigenvalue weighted by molar-refractivity contribution is -0.133. The number of H-pyrrole nitrogens is 1. The Labute approximate surface area is 190 Å². The molecule has 2 aliphatic rings. The minimum absolute atomic E-state index is 0.232. The van der Waals surface area contributed by atoms with E-state index in [2.05, 4.69) is 46.0 Å². The van der Waals surface area contributed by atoms with Crippen LogP contribution >= 0.6 is 12.2 Å². The lowest BCUT2D eigenvalue weighted by Gasteiger charge is -2.38. The first-order valence-corrected chi connectivity index (χ1v) is 12.1. The summed E-state index contributed by atoms with van der Waals surface area (Å²) in [6.45, 7) is 10.3. The van der Waals surface area contributed by atoms with E-state index in [1.165, 1.54) is 37.9 Å². The first-order chi connectivity index (χ1) is 15.0. The number of aromatic nitrogens is 3.